The second-order valence-corrected chi connectivity index (χ2v) is 14.1. The van der Waals surface area contributed by atoms with Crippen LogP contribution >= 0.6 is 22.9 Å². The number of ether oxygens (including phenoxy) is 2. The Labute approximate surface area is 260 Å². The van der Waals surface area contributed by atoms with E-state index in [-0.39, 0.29) is 33.5 Å². The minimum absolute atomic E-state index is 0.0468. The van der Waals surface area contributed by atoms with Gasteiger partial charge in [0.2, 0.25) is 10.0 Å². The number of thiophene rings is 1. The molecule has 1 aromatic heterocycles. The molecular weight excluding hydrogens is 612 g/mol. The molecule has 5 rings (SSSR count). The van der Waals surface area contributed by atoms with Crippen molar-refractivity contribution in [2.24, 2.45) is 0 Å². The number of carbonyl (C=O) groups excluding carboxylic acids is 1. The Hall–Kier alpha value is -3.12. The zero-order valence-electron chi connectivity index (χ0n) is 23.7. The summed E-state index contributed by atoms with van der Waals surface area (Å²) >= 11 is 7.61. The van der Waals surface area contributed by atoms with Gasteiger partial charge in [-0.2, -0.15) is 0 Å². The van der Waals surface area contributed by atoms with Gasteiger partial charge in [-0.1, -0.05) is 60.5 Å². The maximum Gasteiger partial charge on any atom is 0.349 e. The third-order valence-electron chi connectivity index (χ3n) is 7.68. The minimum atomic E-state index is -3.78. The summed E-state index contributed by atoms with van der Waals surface area (Å²) in [5, 5.41) is 13.2. The van der Waals surface area contributed by atoms with Crippen molar-refractivity contribution >= 4 is 50.6 Å². The van der Waals surface area contributed by atoms with E-state index in [2.05, 4.69) is 5.32 Å². The Morgan fingerprint density at radius 2 is 1.72 bits per heavy atom. The van der Waals surface area contributed by atoms with Crippen LogP contribution in [0, 0.1) is 0 Å². The van der Waals surface area contributed by atoms with Gasteiger partial charge in [-0.05, 0) is 74.9 Å². The van der Waals surface area contributed by atoms with Crippen molar-refractivity contribution in [3.63, 3.8) is 0 Å². The number of nitrogens with zero attached hydrogens (tertiary/aromatic N) is 1. The highest BCUT2D eigenvalue weighted by Crippen LogP contribution is 2.46. The molecule has 0 spiro atoms. The van der Waals surface area contributed by atoms with Gasteiger partial charge in [0, 0.05) is 6.04 Å². The number of esters is 1. The van der Waals surface area contributed by atoms with Crippen LogP contribution in [0.4, 0.5) is 5.69 Å². The van der Waals surface area contributed by atoms with Crippen molar-refractivity contribution in [2.45, 2.75) is 62.8 Å². The fraction of sp³-hybridized carbons (Fsp3) is 0.419. The van der Waals surface area contributed by atoms with Crippen LogP contribution in [0.5, 0.6) is 5.75 Å². The summed E-state index contributed by atoms with van der Waals surface area (Å²) in [5.41, 5.74) is 1.71. The molecule has 230 valence electrons. The number of carbonyl (C=O) groups is 2. The van der Waals surface area contributed by atoms with Crippen LogP contribution in [0.1, 0.15) is 60.2 Å². The first kappa shape index (κ1) is 31.3. The normalized spacial score (nSPS) is 16.5. The third kappa shape index (κ3) is 7.70. The first-order valence-electron chi connectivity index (χ1n) is 14.5. The smallest absolute Gasteiger partial charge is 0.349 e. The summed E-state index contributed by atoms with van der Waals surface area (Å²) in [5.74, 6) is -2.08. The summed E-state index contributed by atoms with van der Waals surface area (Å²) in [6.45, 7) is 0.933. The van der Waals surface area contributed by atoms with E-state index in [9.17, 15) is 23.1 Å². The van der Waals surface area contributed by atoms with E-state index in [1.165, 1.54) is 4.31 Å². The van der Waals surface area contributed by atoms with Gasteiger partial charge in [0.25, 0.3) is 0 Å². The van der Waals surface area contributed by atoms with Crippen LogP contribution in [-0.2, 0) is 25.3 Å². The second-order valence-electron chi connectivity index (χ2n) is 10.8. The van der Waals surface area contributed by atoms with E-state index in [0.717, 1.165) is 43.4 Å². The molecule has 2 aliphatic rings. The maximum absolute atomic E-state index is 13.9. The average molecular weight is 647 g/mol. The fourth-order valence-corrected chi connectivity index (χ4v) is 8.92. The highest BCUT2D eigenvalue weighted by Gasteiger charge is 2.32. The molecule has 2 N–H and O–H groups in total. The molecule has 0 atom stereocenters. The highest BCUT2D eigenvalue weighted by atomic mass is 35.5. The number of sulfonamides is 1. The van der Waals surface area contributed by atoms with Gasteiger partial charge in [-0.3, -0.25) is 4.31 Å². The molecule has 0 radical (unpaired) electrons. The molecule has 0 amide bonds. The molecule has 2 fully saturated rings. The lowest BCUT2D eigenvalue weighted by molar-refractivity contribution is -0.152. The molecule has 1 saturated heterocycles. The monoisotopic (exact) mass is 646 g/mol. The lowest BCUT2D eigenvalue weighted by Gasteiger charge is -2.35. The quantitative estimate of drug-likeness (QED) is 0.239. The molecule has 9 nitrogen and oxygen atoms in total. The van der Waals surface area contributed by atoms with Crippen molar-refractivity contribution in [2.75, 3.05) is 24.0 Å². The number of piperidine rings is 1. The number of benzene rings is 2. The van der Waals surface area contributed by atoms with Gasteiger partial charge in [0.15, 0.2) is 17.2 Å². The molecule has 2 heterocycles. The van der Waals surface area contributed by atoms with Crippen LogP contribution in [0.15, 0.2) is 54.6 Å². The Balaban J connectivity index is 1.43. The first-order valence-corrected chi connectivity index (χ1v) is 17.3. The average Bonchev–Trinajstić information content (AvgIpc) is 3.34. The molecule has 1 aliphatic carbocycles. The molecule has 0 unspecified atom stereocenters. The number of nitrogens with one attached hydrogen (secondary N) is 1. The van der Waals surface area contributed by atoms with Crippen molar-refractivity contribution in [3.05, 3.63) is 70.1 Å². The zero-order valence-corrected chi connectivity index (χ0v) is 26.1. The van der Waals surface area contributed by atoms with Crippen LogP contribution in [0.25, 0.3) is 10.4 Å². The summed E-state index contributed by atoms with van der Waals surface area (Å²) in [7, 11) is -3.78. The lowest BCUT2D eigenvalue weighted by Crippen LogP contribution is -2.46. The van der Waals surface area contributed by atoms with Crippen LogP contribution in [0.3, 0.4) is 0 Å². The predicted molar refractivity (Wildman–Crippen MR) is 168 cm³/mol. The van der Waals surface area contributed by atoms with Gasteiger partial charge >= 0.3 is 11.9 Å². The van der Waals surface area contributed by atoms with Crippen LogP contribution in [-0.4, -0.2) is 57.3 Å². The molecule has 12 heteroatoms. The third-order valence-corrected chi connectivity index (χ3v) is 11.2. The Morgan fingerprint density at radius 1 is 1.00 bits per heavy atom. The van der Waals surface area contributed by atoms with E-state index in [1.807, 2.05) is 18.2 Å². The lowest BCUT2D eigenvalue weighted by atomic mass is 9.98. The number of rotatable bonds is 11. The Kier molecular flexibility index (Phi) is 10.3. The van der Waals surface area contributed by atoms with E-state index >= 15 is 0 Å². The number of carboxylic acid groups (broad SMARTS) is 1. The molecule has 43 heavy (non-hydrogen) atoms. The molecule has 2 aromatic carbocycles. The number of aromatic carboxylic acids is 1. The Bertz CT molecular complexity index is 1530. The van der Waals surface area contributed by atoms with Crippen LogP contribution in [0.2, 0.25) is 5.02 Å². The van der Waals surface area contributed by atoms with Gasteiger partial charge in [0.05, 0.1) is 16.3 Å². The first-order chi connectivity index (χ1) is 20.7. The number of hydrogen-bond acceptors (Lipinski definition) is 8. The standard InChI is InChI=1S/C31H35ClN2O7S2/c32-27-28(40-19-26(35)41-25-12-5-2-6-13-25)30(31(36)37)42-29(27)22-10-7-11-24(18-22)34(23-14-16-33-17-15-23)43(38,39)20-21-8-3-1-4-9-21/h1,3-4,7-11,18,23,25,33H,2,5-6,12-17,19-20H2,(H,36,37). The SMILES string of the molecule is O=C(COc1c(C(=O)O)sc(-c2cccc(N(C3CCNCC3)S(=O)(=O)Cc3ccccc3)c2)c1Cl)OC1CCCCC1. The van der Waals surface area contributed by atoms with E-state index in [1.54, 1.807) is 36.4 Å². The van der Waals surface area contributed by atoms with E-state index < -0.39 is 28.6 Å². The van der Waals surface area contributed by atoms with E-state index in [4.69, 9.17) is 21.1 Å². The maximum atomic E-state index is 13.9. The van der Waals surface area contributed by atoms with Crippen molar-refractivity contribution in [3.8, 4) is 16.2 Å². The van der Waals surface area contributed by atoms with Gasteiger partial charge in [-0.15, -0.1) is 11.3 Å². The van der Waals surface area contributed by atoms with E-state index in [0.29, 0.717) is 47.6 Å². The number of carboxylic acids is 1. The zero-order chi connectivity index (χ0) is 30.4. The minimum Gasteiger partial charge on any atom is -0.479 e. The van der Waals surface area contributed by atoms with Crippen molar-refractivity contribution < 1.29 is 32.6 Å². The number of halogens is 1. The summed E-state index contributed by atoms with van der Waals surface area (Å²) in [6, 6.07) is 15.8. The highest BCUT2D eigenvalue weighted by molar-refractivity contribution is 7.92. The van der Waals surface area contributed by atoms with Gasteiger partial charge in [-0.25, -0.2) is 18.0 Å². The molecular formula is C31H35ClN2O7S2. The number of anilines is 1. The summed E-state index contributed by atoms with van der Waals surface area (Å²) in [4.78, 5) is 24.8. The van der Waals surface area contributed by atoms with Gasteiger partial charge < -0.3 is 19.9 Å². The Morgan fingerprint density at radius 3 is 2.42 bits per heavy atom. The molecule has 1 saturated carbocycles. The molecule has 3 aromatic rings. The largest absolute Gasteiger partial charge is 0.479 e. The van der Waals surface area contributed by atoms with Crippen LogP contribution < -0.4 is 14.4 Å². The fourth-order valence-electron chi connectivity index (χ4n) is 5.66. The molecule has 0 bridgehead atoms. The van der Waals surface area contributed by atoms with Crippen molar-refractivity contribution in [1.29, 1.82) is 0 Å². The summed E-state index contributed by atoms with van der Waals surface area (Å²) < 4.78 is 40.4. The number of hydrogen-bond donors (Lipinski definition) is 2. The summed E-state index contributed by atoms with van der Waals surface area (Å²) in [6.07, 6.45) is 5.89. The van der Waals surface area contributed by atoms with Crippen molar-refractivity contribution in [1.82, 2.24) is 5.32 Å². The van der Waals surface area contributed by atoms with Gasteiger partial charge in [0.1, 0.15) is 11.1 Å². The molecule has 1 aliphatic heterocycles. The topological polar surface area (TPSA) is 122 Å². The second kappa shape index (κ2) is 14.1. The predicted octanol–water partition coefficient (Wildman–Crippen LogP) is 6.11.